The molecule has 0 aliphatic carbocycles. The number of carbonyl (C=O) groups is 1. The number of nitrogens with zero attached hydrogens (tertiary/aromatic N) is 1. The summed E-state index contributed by atoms with van der Waals surface area (Å²) in [6.07, 6.45) is 1.48. The molecule has 9 heteroatoms. The zero-order chi connectivity index (χ0) is 24.0. The maximum absolute atomic E-state index is 13.1. The fraction of sp³-hybridized carbons (Fsp3) is 0.458. The van der Waals surface area contributed by atoms with Crippen molar-refractivity contribution in [3.63, 3.8) is 0 Å². The van der Waals surface area contributed by atoms with E-state index in [9.17, 15) is 13.2 Å². The summed E-state index contributed by atoms with van der Waals surface area (Å²) in [6.45, 7) is 8.97. The largest absolute Gasteiger partial charge is 0.490 e. The number of ether oxygens (including phenoxy) is 3. The van der Waals surface area contributed by atoms with Gasteiger partial charge in [-0.25, -0.2) is 8.42 Å². The number of rotatable bonds is 10. The van der Waals surface area contributed by atoms with Crippen molar-refractivity contribution >= 4 is 27.3 Å². The van der Waals surface area contributed by atoms with Crippen molar-refractivity contribution in [2.24, 2.45) is 0 Å². The van der Waals surface area contributed by atoms with E-state index in [1.54, 1.807) is 31.2 Å². The van der Waals surface area contributed by atoms with Gasteiger partial charge in [0.1, 0.15) is 0 Å². The molecule has 0 radical (unpaired) electrons. The van der Waals surface area contributed by atoms with E-state index in [4.69, 9.17) is 14.2 Å². The maximum atomic E-state index is 13.1. The lowest BCUT2D eigenvalue weighted by Crippen LogP contribution is -2.36. The zero-order valence-electron chi connectivity index (χ0n) is 19.6. The van der Waals surface area contributed by atoms with Crippen LogP contribution in [-0.4, -0.2) is 46.4 Å². The van der Waals surface area contributed by atoms with Gasteiger partial charge in [-0.15, -0.1) is 0 Å². The lowest BCUT2D eigenvalue weighted by Gasteiger charge is -2.30. The van der Waals surface area contributed by atoms with Gasteiger partial charge in [-0.3, -0.25) is 9.10 Å². The minimum atomic E-state index is -3.34. The highest BCUT2D eigenvalue weighted by molar-refractivity contribution is 7.92. The second kappa shape index (κ2) is 10.8. The minimum Gasteiger partial charge on any atom is -0.490 e. The SMILES string of the molecule is CCOc1cc(C(=O)Nc2ccc3c(c2)CCCN3S(=O)(=O)CC)cc(OCC)c1OCC. The molecule has 0 saturated heterocycles. The van der Waals surface area contributed by atoms with Gasteiger partial charge in [-0.05, 0) is 76.4 Å². The zero-order valence-corrected chi connectivity index (χ0v) is 20.5. The summed E-state index contributed by atoms with van der Waals surface area (Å²) in [4.78, 5) is 13.1. The first-order valence-electron chi connectivity index (χ1n) is 11.4. The van der Waals surface area contributed by atoms with E-state index in [1.807, 2.05) is 26.8 Å². The molecular formula is C24H32N2O6S. The van der Waals surface area contributed by atoms with Crippen LogP contribution in [0.5, 0.6) is 17.2 Å². The molecule has 2 aromatic rings. The normalized spacial score (nSPS) is 13.3. The number of sulfonamides is 1. The molecule has 0 spiro atoms. The first-order valence-corrected chi connectivity index (χ1v) is 13.0. The maximum Gasteiger partial charge on any atom is 0.255 e. The molecule has 0 bridgehead atoms. The molecule has 33 heavy (non-hydrogen) atoms. The summed E-state index contributed by atoms with van der Waals surface area (Å²) in [5.74, 6) is 1.09. The molecule has 1 aliphatic rings. The van der Waals surface area contributed by atoms with Crippen molar-refractivity contribution in [2.75, 3.05) is 41.7 Å². The molecule has 180 valence electrons. The Hall–Kier alpha value is -2.94. The summed E-state index contributed by atoms with van der Waals surface area (Å²) < 4.78 is 43.4. The standard InChI is InChI=1S/C24H32N2O6S/c1-5-30-21-15-18(16-22(31-6-2)23(21)32-7-3)24(27)25-19-11-12-20-17(14-19)10-9-13-26(20)33(28,29)8-4/h11-12,14-16H,5-10,13H2,1-4H3,(H,25,27). The van der Waals surface area contributed by atoms with E-state index in [0.29, 0.717) is 60.6 Å². The van der Waals surface area contributed by atoms with Crippen molar-refractivity contribution in [1.82, 2.24) is 0 Å². The van der Waals surface area contributed by atoms with E-state index < -0.39 is 10.0 Å². The Morgan fingerprint density at radius 2 is 1.61 bits per heavy atom. The van der Waals surface area contributed by atoms with Crippen LogP contribution in [0.2, 0.25) is 0 Å². The minimum absolute atomic E-state index is 0.0486. The van der Waals surface area contributed by atoms with Gasteiger partial charge in [0.05, 0.1) is 31.3 Å². The number of hydrogen-bond acceptors (Lipinski definition) is 6. The average molecular weight is 477 g/mol. The third-order valence-electron chi connectivity index (χ3n) is 5.29. The predicted octanol–water partition coefficient (Wildman–Crippen LogP) is 4.24. The van der Waals surface area contributed by atoms with Crippen LogP contribution >= 0.6 is 0 Å². The number of hydrogen-bond donors (Lipinski definition) is 1. The fourth-order valence-electron chi connectivity index (χ4n) is 3.81. The lowest BCUT2D eigenvalue weighted by molar-refractivity contribution is 0.102. The Labute approximate surface area is 195 Å². The van der Waals surface area contributed by atoms with E-state index >= 15 is 0 Å². The van der Waals surface area contributed by atoms with E-state index in [0.717, 1.165) is 18.4 Å². The van der Waals surface area contributed by atoms with Crippen molar-refractivity contribution < 1.29 is 27.4 Å². The van der Waals surface area contributed by atoms with Gasteiger partial charge < -0.3 is 19.5 Å². The molecule has 2 aromatic carbocycles. The van der Waals surface area contributed by atoms with Crippen LogP contribution in [0.25, 0.3) is 0 Å². The van der Waals surface area contributed by atoms with E-state index in [1.165, 1.54) is 4.31 Å². The molecule has 0 saturated carbocycles. The van der Waals surface area contributed by atoms with Crippen LogP contribution in [0, 0.1) is 0 Å². The molecule has 3 rings (SSSR count). The van der Waals surface area contributed by atoms with Crippen LogP contribution < -0.4 is 23.8 Å². The second-order valence-electron chi connectivity index (χ2n) is 7.47. The third-order valence-corrected chi connectivity index (χ3v) is 7.07. The summed E-state index contributed by atoms with van der Waals surface area (Å²) in [5.41, 5.74) is 2.55. The van der Waals surface area contributed by atoms with Crippen LogP contribution in [0.3, 0.4) is 0 Å². The Bertz CT molecular complexity index is 1070. The lowest BCUT2D eigenvalue weighted by atomic mass is 10.0. The quantitative estimate of drug-likeness (QED) is 0.551. The number of aryl methyl sites for hydroxylation is 1. The third kappa shape index (κ3) is 5.52. The molecule has 0 atom stereocenters. The molecule has 1 aliphatic heterocycles. The highest BCUT2D eigenvalue weighted by Crippen LogP contribution is 2.39. The van der Waals surface area contributed by atoms with Crippen molar-refractivity contribution in [1.29, 1.82) is 0 Å². The van der Waals surface area contributed by atoms with E-state index in [-0.39, 0.29) is 11.7 Å². The predicted molar refractivity (Wildman–Crippen MR) is 129 cm³/mol. The Balaban J connectivity index is 1.90. The summed E-state index contributed by atoms with van der Waals surface area (Å²) in [5, 5.41) is 2.91. The number of fused-ring (bicyclic) bond motifs is 1. The number of amides is 1. The summed E-state index contributed by atoms with van der Waals surface area (Å²) in [6, 6.07) is 8.60. The van der Waals surface area contributed by atoms with Crippen LogP contribution in [0.1, 0.15) is 50.0 Å². The Kier molecular flexibility index (Phi) is 8.07. The monoisotopic (exact) mass is 476 g/mol. The van der Waals surface area contributed by atoms with Crippen molar-refractivity contribution in [3.05, 3.63) is 41.5 Å². The molecule has 8 nitrogen and oxygen atoms in total. The molecule has 0 fully saturated rings. The number of nitrogens with one attached hydrogen (secondary N) is 1. The van der Waals surface area contributed by atoms with Crippen molar-refractivity contribution in [2.45, 2.75) is 40.5 Å². The highest BCUT2D eigenvalue weighted by Gasteiger charge is 2.26. The van der Waals surface area contributed by atoms with Gasteiger partial charge in [0.15, 0.2) is 11.5 Å². The molecule has 0 unspecified atom stereocenters. The number of benzene rings is 2. The van der Waals surface area contributed by atoms with Crippen molar-refractivity contribution in [3.8, 4) is 17.2 Å². The second-order valence-corrected chi connectivity index (χ2v) is 9.66. The fourth-order valence-corrected chi connectivity index (χ4v) is 5.00. The Morgan fingerprint density at radius 3 is 2.18 bits per heavy atom. The molecule has 0 aromatic heterocycles. The summed E-state index contributed by atoms with van der Waals surface area (Å²) >= 11 is 0. The van der Waals surface area contributed by atoms with Gasteiger partial charge in [0, 0.05) is 17.8 Å². The van der Waals surface area contributed by atoms with Crippen LogP contribution in [-0.2, 0) is 16.4 Å². The first kappa shape index (κ1) is 24.7. The molecule has 1 N–H and O–H groups in total. The van der Waals surface area contributed by atoms with Gasteiger partial charge >= 0.3 is 0 Å². The topological polar surface area (TPSA) is 94.2 Å². The number of anilines is 2. The molecule has 1 heterocycles. The van der Waals surface area contributed by atoms with Gasteiger partial charge in [0.2, 0.25) is 15.8 Å². The van der Waals surface area contributed by atoms with Gasteiger partial charge in [0.25, 0.3) is 5.91 Å². The molecule has 1 amide bonds. The molecular weight excluding hydrogens is 444 g/mol. The smallest absolute Gasteiger partial charge is 0.255 e. The number of carbonyl (C=O) groups excluding carboxylic acids is 1. The first-order chi connectivity index (χ1) is 15.8. The Morgan fingerprint density at radius 1 is 0.970 bits per heavy atom. The van der Waals surface area contributed by atoms with Crippen LogP contribution in [0.4, 0.5) is 11.4 Å². The van der Waals surface area contributed by atoms with Crippen LogP contribution in [0.15, 0.2) is 30.3 Å². The highest BCUT2D eigenvalue weighted by atomic mass is 32.2. The average Bonchev–Trinajstić information content (AvgIpc) is 2.80. The summed E-state index contributed by atoms with van der Waals surface area (Å²) in [7, 11) is -3.34. The van der Waals surface area contributed by atoms with Gasteiger partial charge in [-0.1, -0.05) is 0 Å². The van der Waals surface area contributed by atoms with E-state index in [2.05, 4.69) is 5.32 Å². The van der Waals surface area contributed by atoms with Gasteiger partial charge in [-0.2, -0.15) is 0 Å².